The van der Waals surface area contributed by atoms with E-state index < -0.39 is 0 Å². The van der Waals surface area contributed by atoms with Gasteiger partial charge in [0.1, 0.15) is 5.69 Å². The first-order chi connectivity index (χ1) is 6.27. The van der Waals surface area contributed by atoms with Gasteiger partial charge >= 0.3 is 0 Å². The predicted octanol–water partition coefficient (Wildman–Crippen LogP) is 0.901. The van der Waals surface area contributed by atoms with Crippen molar-refractivity contribution in [2.24, 2.45) is 0 Å². The number of rotatable bonds is 1. The van der Waals surface area contributed by atoms with Crippen LogP contribution in [0.15, 0.2) is 28.9 Å². The molecule has 2 aromatic rings. The van der Waals surface area contributed by atoms with Crippen molar-refractivity contribution in [2.45, 2.75) is 0 Å². The summed E-state index contributed by atoms with van der Waals surface area (Å²) in [6.45, 7) is 0. The number of anilines is 2. The highest BCUT2D eigenvalue weighted by atomic mass is 16.3. The van der Waals surface area contributed by atoms with Gasteiger partial charge in [-0.25, -0.2) is 0 Å². The Balaban J connectivity index is 2.49. The highest BCUT2D eigenvalue weighted by molar-refractivity contribution is 5.64. The molecule has 0 saturated carbocycles. The SMILES string of the molecule is Nc1cc(-c2ccco2)nnc1N. The van der Waals surface area contributed by atoms with Crippen LogP contribution >= 0.6 is 0 Å². The van der Waals surface area contributed by atoms with Crippen LogP contribution in [0.2, 0.25) is 0 Å². The third-order valence-electron chi connectivity index (χ3n) is 1.63. The number of nitrogen functional groups attached to an aromatic ring is 2. The molecule has 2 heterocycles. The number of hydrogen-bond acceptors (Lipinski definition) is 5. The van der Waals surface area contributed by atoms with Crippen molar-refractivity contribution in [2.75, 3.05) is 11.5 Å². The molecule has 0 unspecified atom stereocenters. The van der Waals surface area contributed by atoms with Gasteiger partial charge in [-0.3, -0.25) is 0 Å². The zero-order valence-corrected chi connectivity index (χ0v) is 6.77. The predicted molar refractivity (Wildman–Crippen MR) is 48.6 cm³/mol. The van der Waals surface area contributed by atoms with Gasteiger partial charge in [0.2, 0.25) is 0 Å². The number of nitrogens with zero attached hydrogens (tertiary/aromatic N) is 2. The van der Waals surface area contributed by atoms with E-state index in [0.29, 0.717) is 17.1 Å². The van der Waals surface area contributed by atoms with Crippen LogP contribution in [0.25, 0.3) is 11.5 Å². The fourth-order valence-corrected chi connectivity index (χ4v) is 0.960. The van der Waals surface area contributed by atoms with E-state index in [1.54, 1.807) is 24.5 Å². The maximum Gasteiger partial charge on any atom is 0.169 e. The van der Waals surface area contributed by atoms with Gasteiger partial charge in [0.25, 0.3) is 0 Å². The van der Waals surface area contributed by atoms with Crippen molar-refractivity contribution in [3.05, 3.63) is 24.5 Å². The Morgan fingerprint density at radius 3 is 2.69 bits per heavy atom. The van der Waals surface area contributed by atoms with Crippen molar-refractivity contribution in [1.29, 1.82) is 0 Å². The Morgan fingerprint density at radius 1 is 1.23 bits per heavy atom. The molecule has 5 nitrogen and oxygen atoms in total. The van der Waals surface area contributed by atoms with Crippen molar-refractivity contribution in [1.82, 2.24) is 10.2 Å². The highest BCUT2D eigenvalue weighted by Crippen LogP contribution is 2.20. The molecule has 0 spiro atoms. The van der Waals surface area contributed by atoms with Gasteiger partial charge < -0.3 is 15.9 Å². The van der Waals surface area contributed by atoms with E-state index in [1.165, 1.54) is 0 Å². The van der Waals surface area contributed by atoms with Crippen LogP contribution in [0.4, 0.5) is 11.5 Å². The van der Waals surface area contributed by atoms with Gasteiger partial charge in [0.05, 0.1) is 12.0 Å². The molecule has 0 aliphatic carbocycles. The number of aromatic nitrogens is 2. The van der Waals surface area contributed by atoms with Crippen molar-refractivity contribution in [3.63, 3.8) is 0 Å². The third kappa shape index (κ3) is 1.31. The molecule has 0 aromatic carbocycles. The maximum absolute atomic E-state index is 5.56. The summed E-state index contributed by atoms with van der Waals surface area (Å²) in [5.41, 5.74) is 12.0. The Bertz CT molecular complexity index is 410. The summed E-state index contributed by atoms with van der Waals surface area (Å²) in [6.07, 6.45) is 1.56. The van der Waals surface area contributed by atoms with Crippen LogP contribution in [0.5, 0.6) is 0 Å². The van der Waals surface area contributed by atoms with E-state index in [2.05, 4.69) is 10.2 Å². The molecule has 0 fully saturated rings. The van der Waals surface area contributed by atoms with Crippen LogP contribution in [-0.2, 0) is 0 Å². The van der Waals surface area contributed by atoms with Gasteiger partial charge in [0, 0.05) is 0 Å². The normalized spacial score (nSPS) is 10.2. The summed E-state index contributed by atoms with van der Waals surface area (Å²) in [6, 6.07) is 5.17. The van der Waals surface area contributed by atoms with E-state index >= 15 is 0 Å². The van der Waals surface area contributed by atoms with Gasteiger partial charge in [-0.05, 0) is 18.2 Å². The van der Waals surface area contributed by atoms with Gasteiger partial charge in [-0.1, -0.05) is 0 Å². The molecule has 5 heteroatoms. The maximum atomic E-state index is 5.56. The van der Waals surface area contributed by atoms with Gasteiger partial charge in [-0.15, -0.1) is 10.2 Å². The number of nitrogens with two attached hydrogens (primary N) is 2. The summed E-state index contributed by atoms with van der Waals surface area (Å²) in [5.74, 6) is 0.856. The average molecular weight is 176 g/mol. The molecule has 0 atom stereocenters. The summed E-state index contributed by atoms with van der Waals surface area (Å²) in [5, 5.41) is 7.51. The molecule has 0 bridgehead atoms. The smallest absolute Gasteiger partial charge is 0.169 e. The second kappa shape index (κ2) is 2.78. The van der Waals surface area contributed by atoms with Gasteiger partial charge in [0.15, 0.2) is 11.6 Å². The molecule has 0 amide bonds. The van der Waals surface area contributed by atoms with E-state index in [0.717, 1.165) is 0 Å². The second-order valence-corrected chi connectivity index (χ2v) is 2.55. The molecule has 2 aromatic heterocycles. The monoisotopic (exact) mass is 176 g/mol. The summed E-state index contributed by atoms with van der Waals surface area (Å²) in [4.78, 5) is 0. The summed E-state index contributed by atoms with van der Waals surface area (Å²) < 4.78 is 5.12. The van der Waals surface area contributed by atoms with Crippen molar-refractivity contribution < 1.29 is 4.42 Å². The molecule has 66 valence electrons. The lowest BCUT2D eigenvalue weighted by Gasteiger charge is -1.98. The van der Waals surface area contributed by atoms with E-state index in [9.17, 15) is 0 Å². The largest absolute Gasteiger partial charge is 0.463 e. The van der Waals surface area contributed by atoms with Crippen LogP contribution in [-0.4, -0.2) is 10.2 Å². The summed E-state index contributed by atoms with van der Waals surface area (Å²) >= 11 is 0. The lowest BCUT2D eigenvalue weighted by Crippen LogP contribution is -2.00. The first-order valence-corrected chi connectivity index (χ1v) is 3.70. The Hall–Kier alpha value is -2.04. The Kier molecular flexibility index (Phi) is 1.63. The molecule has 0 aliphatic heterocycles. The zero-order chi connectivity index (χ0) is 9.26. The minimum absolute atomic E-state index is 0.232. The van der Waals surface area contributed by atoms with Crippen LogP contribution in [0.1, 0.15) is 0 Å². The summed E-state index contributed by atoms with van der Waals surface area (Å²) in [7, 11) is 0. The number of furan rings is 1. The lowest BCUT2D eigenvalue weighted by atomic mass is 10.3. The molecular formula is C8H8N4O. The van der Waals surface area contributed by atoms with E-state index in [4.69, 9.17) is 15.9 Å². The lowest BCUT2D eigenvalue weighted by molar-refractivity contribution is 0.579. The van der Waals surface area contributed by atoms with Gasteiger partial charge in [-0.2, -0.15) is 0 Å². The van der Waals surface area contributed by atoms with Crippen LogP contribution in [0, 0.1) is 0 Å². The Labute approximate surface area is 74.4 Å². The standard InChI is InChI=1S/C8H8N4O/c9-5-4-6(11-12-8(5)10)7-2-1-3-13-7/h1-4H,(H2,9,11)(H2,10,12). The molecule has 2 rings (SSSR count). The molecular weight excluding hydrogens is 168 g/mol. The molecule has 13 heavy (non-hydrogen) atoms. The Morgan fingerprint density at radius 2 is 2.08 bits per heavy atom. The highest BCUT2D eigenvalue weighted by Gasteiger charge is 2.05. The molecule has 0 saturated heterocycles. The molecule has 0 radical (unpaired) electrons. The third-order valence-corrected chi connectivity index (χ3v) is 1.63. The topological polar surface area (TPSA) is 91.0 Å². The van der Waals surface area contributed by atoms with Crippen molar-refractivity contribution >= 4 is 11.5 Å². The minimum atomic E-state index is 0.232. The quantitative estimate of drug-likeness (QED) is 0.673. The van der Waals surface area contributed by atoms with Crippen LogP contribution < -0.4 is 11.5 Å². The fraction of sp³-hybridized carbons (Fsp3) is 0. The second-order valence-electron chi connectivity index (χ2n) is 2.55. The minimum Gasteiger partial charge on any atom is -0.463 e. The first-order valence-electron chi connectivity index (χ1n) is 3.70. The van der Waals surface area contributed by atoms with E-state index in [-0.39, 0.29) is 5.82 Å². The van der Waals surface area contributed by atoms with E-state index in [1.807, 2.05) is 0 Å². The average Bonchev–Trinajstić information content (AvgIpc) is 2.62. The first kappa shape index (κ1) is 7.60. The zero-order valence-electron chi connectivity index (χ0n) is 6.77. The van der Waals surface area contributed by atoms with Crippen LogP contribution in [0.3, 0.4) is 0 Å². The molecule has 4 N–H and O–H groups in total. The molecule has 0 aliphatic rings. The number of hydrogen-bond donors (Lipinski definition) is 2. The van der Waals surface area contributed by atoms with Crippen molar-refractivity contribution in [3.8, 4) is 11.5 Å². The fourth-order valence-electron chi connectivity index (χ4n) is 0.960.